The number of hydrogen-bond donors (Lipinski definition) is 2. The molecule has 0 radical (unpaired) electrons. The number of pyridine rings is 1. The Morgan fingerprint density at radius 2 is 2.00 bits per heavy atom. The molecule has 3 heterocycles. The Labute approximate surface area is 183 Å². The van der Waals surface area contributed by atoms with Crippen LogP contribution in [0.15, 0.2) is 35.3 Å². The van der Waals surface area contributed by atoms with E-state index in [0.29, 0.717) is 28.3 Å². The van der Waals surface area contributed by atoms with E-state index in [2.05, 4.69) is 20.6 Å². The molecule has 4 aliphatic rings. The van der Waals surface area contributed by atoms with Crippen LogP contribution < -0.4 is 21.1 Å². The number of benzene rings is 1. The highest BCUT2D eigenvalue weighted by atomic mass is 19.1. The van der Waals surface area contributed by atoms with Crippen LogP contribution in [0.1, 0.15) is 24.8 Å². The van der Waals surface area contributed by atoms with Crippen molar-refractivity contribution in [1.29, 1.82) is 5.26 Å². The molecule has 0 amide bonds. The summed E-state index contributed by atoms with van der Waals surface area (Å²) in [5.41, 5.74) is 1.22. The summed E-state index contributed by atoms with van der Waals surface area (Å²) < 4.78 is 16.5. The average Bonchev–Trinajstić information content (AvgIpc) is 2.74. The van der Waals surface area contributed by atoms with Gasteiger partial charge in [0.25, 0.3) is 5.56 Å². The molecule has 2 N–H and O–H groups in total. The lowest BCUT2D eigenvalue weighted by Gasteiger charge is -2.62. The maximum absolute atomic E-state index is 14.8. The van der Waals surface area contributed by atoms with Crippen molar-refractivity contribution in [2.75, 3.05) is 36.4 Å². The van der Waals surface area contributed by atoms with E-state index < -0.39 is 0 Å². The summed E-state index contributed by atoms with van der Waals surface area (Å²) in [5.74, 6) is 0.651. The van der Waals surface area contributed by atoms with Gasteiger partial charge >= 0.3 is 0 Å². The highest BCUT2D eigenvalue weighted by Crippen LogP contribution is 2.62. The lowest BCUT2D eigenvalue weighted by atomic mass is 9.49. The molecule has 162 valence electrons. The smallest absolute Gasteiger partial charge is 0.270 e. The van der Waals surface area contributed by atoms with Crippen LogP contribution in [0.2, 0.25) is 0 Å². The van der Waals surface area contributed by atoms with Gasteiger partial charge in [0.2, 0.25) is 5.95 Å². The molecule has 9 heteroatoms. The minimum atomic E-state index is -0.304. The standard InChI is InChI=1S/C23H22FN7O/c24-18-8-17(1-2-19(18)30-5-3-26-4-6-30)28-22-27-13-16-7-15(12-25)21(32)31(20(16)29-22)23-9-14(10-23)11-23/h1-2,7-8,13-14,26H,3-6,9-11H2,(H,27,28,29). The number of nitrogens with zero attached hydrogens (tertiary/aromatic N) is 5. The molecule has 8 nitrogen and oxygen atoms in total. The maximum atomic E-state index is 14.8. The fourth-order valence-electron chi connectivity index (χ4n) is 5.26. The second kappa shape index (κ2) is 7.00. The third kappa shape index (κ3) is 2.87. The average molecular weight is 431 g/mol. The normalized spacial score (nSPS) is 23.9. The van der Waals surface area contributed by atoms with Crippen LogP contribution in [0.5, 0.6) is 0 Å². The molecule has 3 aliphatic carbocycles. The first-order chi connectivity index (χ1) is 15.6. The quantitative estimate of drug-likeness (QED) is 0.655. The van der Waals surface area contributed by atoms with Gasteiger partial charge in [0.15, 0.2) is 0 Å². The largest absolute Gasteiger partial charge is 0.367 e. The second-order valence-corrected chi connectivity index (χ2v) is 9.01. The van der Waals surface area contributed by atoms with Crippen LogP contribution in [0.4, 0.5) is 21.7 Å². The van der Waals surface area contributed by atoms with E-state index in [1.165, 1.54) is 6.07 Å². The van der Waals surface area contributed by atoms with E-state index in [9.17, 15) is 14.4 Å². The van der Waals surface area contributed by atoms with E-state index in [4.69, 9.17) is 0 Å². The Kier molecular flexibility index (Phi) is 4.20. The molecule has 7 rings (SSSR count). The number of nitrogens with one attached hydrogen (secondary N) is 2. The minimum absolute atomic E-state index is 0.108. The first kappa shape index (κ1) is 19.2. The number of piperazine rings is 1. The topological polar surface area (TPSA) is 98.9 Å². The molecule has 3 aromatic rings. The summed E-state index contributed by atoms with van der Waals surface area (Å²) in [6.07, 6.45) is 4.45. The predicted octanol–water partition coefficient (Wildman–Crippen LogP) is 2.46. The fraction of sp³-hybridized carbons (Fsp3) is 0.391. The van der Waals surface area contributed by atoms with Gasteiger partial charge in [-0.3, -0.25) is 9.36 Å². The molecule has 2 bridgehead atoms. The van der Waals surface area contributed by atoms with E-state index >= 15 is 0 Å². The molecule has 4 fully saturated rings. The SMILES string of the molecule is N#Cc1cc2cnc(Nc3ccc(N4CCNCC4)c(F)c3)nc2n(C23CC(C2)C3)c1=O. The van der Waals surface area contributed by atoms with E-state index in [1.807, 2.05) is 11.0 Å². The van der Waals surface area contributed by atoms with Crippen molar-refractivity contribution in [2.45, 2.75) is 24.8 Å². The van der Waals surface area contributed by atoms with Gasteiger partial charge in [-0.25, -0.2) is 9.37 Å². The molecule has 0 unspecified atom stereocenters. The Balaban J connectivity index is 1.35. The molecule has 2 aromatic heterocycles. The lowest BCUT2D eigenvalue weighted by molar-refractivity contribution is -0.0884. The Bertz CT molecular complexity index is 1320. The van der Waals surface area contributed by atoms with Gasteiger partial charge in [0.1, 0.15) is 23.1 Å². The van der Waals surface area contributed by atoms with Gasteiger partial charge in [-0.1, -0.05) is 0 Å². The predicted molar refractivity (Wildman–Crippen MR) is 119 cm³/mol. The van der Waals surface area contributed by atoms with Crippen LogP contribution in [0.25, 0.3) is 11.0 Å². The Morgan fingerprint density at radius 1 is 1.22 bits per heavy atom. The van der Waals surface area contributed by atoms with Crippen LogP contribution in [-0.2, 0) is 5.54 Å². The third-order valence-electron chi connectivity index (χ3n) is 7.00. The van der Waals surface area contributed by atoms with Crippen molar-refractivity contribution in [3.63, 3.8) is 0 Å². The number of fused-ring (bicyclic) bond motifs is 1. The zero-order chi connectivity index (χ0) is 21.9. The number of aromatic nitrogens is 3. The molecule has 1 saturated heterocycles. The summed E-state index contributed by atoms with van der Waals surface area (Å²) in [4.78, 5) is 24.0. The number of hydrogen-bond acceptors (Lipinski definition) is 7. The number of halogens is 1. The molecule has 1 aromatic carbocycles. The zero-order valence-corrected chi connectivity index (χ0v) is 17.4. The monoisotopic (exact) mass is 431 g/mol. The molecule has 32 heavy (non-hydrogen) atoms. The van der Waals surface area contributed by atoms with Gasteiger partial charge in [-0.05, 0) is 49.4 Å². The number of nitriles is 1. The summed E-state index contributed by atoms with van der Waals surface area (Å²) in [6.45, 7) is 3.20. The highest BCUT2D eigenvalue weighted by molar-refractivity contribution is 5.78. The van der Waals surface area contributed by atoms with Gasteiger partial charge in [0, 0.05) is 43.4 Å². The summed E-state index contributed by atoms with van der Waals surface area (Å²) >= 11 is 0. The first-order valence-corrected chi connectivity index (χ1v) is 10.9. The second-order valence-electron chi connectivity index (χ2n) is 9.01. The number of rotatable bonds is 4. The van der Waals surface area contributed by atoms with Crippen LogP contribution in [0.3, 0.4) is 0 Å². The van der Waals surface area contributed by atoms with Gasteiger partial charge in [-0.15, -0.1) is 0 Å². The maximum Gasteiger partial charge on any atom is 0.270 e. The fourth-order valence-corrected chi connectivity index (χ4v) is 5.26. The summed E-state index contributed by atoms with van der Waals surface area (Å²) in [7, 11) is 0. The first-order valence-electron chi connectivity index (χ1n) is 10.9. The molecule has 3 saturated carbocycles. The number of anilines is 3. The van der Waals surface area contributed by atoms with Crippen LogP contribution in [0, 0.1) is 23.1 Å². The molecular formula is C23H22FN7O. The van der Waals surface area contributed by atoms with Crippen molar-refractivity contribution in [3.8, 4) is 6.07 Å². The molecule has 0 atom stereocenters. The van der Waals surface area contributed by atoms with Crippen LogP contribution in [-0.4, -0.2) is 40.7 Å². The highest BCUT2D eigenvalue weighted by Gasteiger charge is 2.59. The molecule has 0 spiro atoms. The van der Waals surface area contributed by atoms with Crippen molar-refractivity contribution in [3.05, 3.63) is 52.2 Å². The summed E-state index contributed by atoms with van der Waals surface area (Å²) in [5, 5.41) is 16.4. The Morgan fingerprint density at radius 3 is 2.66 bits per heavy atom. The van der Waals surface area contributed by atoms with Gasteiger partial charge in [0.05, 0.1) is 11.2 Å². The van der Waals surface area contributed by atoms with Gasteiger partial charge in [-0.2, -0.15) is 10.2 Å². The lowest BCUT2D eigenvalue weighted by Crippen LogP contribution is -2.62. The Hall–Kier alpha value is -3.51. The summed E-state index contributed by atoms with van der Waals surface area (Å²) in [6, 6.07) is 8.57. The van der Waals surface area contributed by atoms with E-state index in [0.717, 1.165) is 45.4 Å². The van der Waals surface area contributed by atoms with Crippen molar-refractivity contribution < 1.29 is 4.39 Å². The van der Waals surface area contributed by atoms with E-state index in [1.54, 1.807) is 29.0 Å². The van der Waals surface area contributed by atoms with Gasteiger partial charge < -0.3 is 15.5 Å². The van der Waals surface area contributed by atoms with Crippen LogP contribution >= 0.6 is 0 Å². The zero-order valence-electron chi connectivity index (χ0n) is 17.4. The minimum Gasteiger partial charge on any atom is -0.367 e. The van der Waals surface area contributed by atoms with Crippen molar-refractivity contribution >= 4 is 28.4 Å². The molecular weight excluding hydrogens is 409 g/mol. The third-order valence-corrected chi connectivity index (χ3v) is 7.00. The molecule has 1 aliphatic heterocycles. The van der Waals surface area contributed by atoms with Crippen molar-refractivity contribution in [2.24, 2.45) is 5.92 Å². The van der Waals surface area contributed by atoms with E-state index in [-0.39, 0.29) is 28.4 Å². The van der Waals surface area contributed by atoms with Crippen molar-refractivity contribution in [1.82, 2.24) is 19.9 Å².